The summed E-state index contributed by atoms with van der Waals surface area (Å²) >= 11 is 0. The van der Waals surface area contributed by atoms with Crippen molar-refractivity contribution >= 4 is 6.08 Å². The Hall–Kier alpha value is -2.94. The standard InChI is InChI=1S/C27H29NO/c1-3-13-25(21-20-22-14-7-4-8-15-22)28-26(23-16-9-5-10-17-23)27(29-2)24-18-11-6-12-19-24/h3-12,14-21,25-28H,1,13H2,2H3/b21-20+/t25-,26-,27+/m0/s1. The fourth-order valence-corrected chi connectivity index (χ4v) is 3.53. The molecule has 2 heteroatoms. The normalized spacial score (nSPS) is 14.4. The molecule has 0 bridgehead atoms. The molecule has 3 atom stereocenters. The molecule has 3 rings (SSSR count). The van der Waals surface area contributed by atoms with Crippen molar-refractivity contribution in [3.05, 3.63) is 126 Å². The Morgan fingerprint density at radius 2 is 1.38 bits per heavy atom. The van der Waals surface area contributed by atoms with E-state index in [-0.39, 0.29) is 18.2 Å². The summed E-state index contributed by atoms with van der Waals surface area (Å²) in [6, 6.07) is 31.4. The molecule has 2 nitrogen and oxygen atoms in total. The van der Waals surface area contributed by atoms with E-state index in [0.717, 1.165) is 12.0 Å². The molecule has 3 aromatic carbocycles. The molecule has 148 valence electrons. The maximum absolute atomic E-state index is 5.98. The van der Waals surface area contributed by atoms with Crippen molar-refractivity contribution in [3.63, 3.8) is 0 Å². The van der Waals surface area contributed by atoms with Gasteiger partial charge in [0, 0.05) is 13.2 Å². The van der Waals surface area contributed by atoms with Gasteiger partial charge in [0.2, 0.25) is 0 Å². The van der Waals surface area contributed by atoms with Crippen LogP contribution in [0.4, 0.5) is 0 Å². The van der Waals surface area contributed by atoms with Gasteiger partial charge in [0.25, 0.3) is 0 Å². The van der Waals surface area contributed by atoms with Crippen LogP contribution >= 0.6 is 0 Å². The Kier molecular flexibility index (Phi) is 8.00. The zero-order chi connectivity index (χ0) is 20.3. The van der Waals surface area contributed by atoms with Gasteiger partial charge in [-0.05, 0) is 23.1 Å². The molecule has 0 unspecified atom stereocenters. The molecule has 3 aromatic rings. The largest absolute Gasteiger partial charge is 0.375 e. The summed E-state index contributed by atoms with van der Waals surface area (Å²) < 4.78 is 5.98. The highest BCUT2D eigenvalue weighted by Crippen LogP contribution is 2.32. The Bertz CT molecular complexity index is 874. The van der Waals surface area contributed by atoms with Crippen LogP contribution in [-0.2, 0) is 4.74 Å². The molecule has 0 spiro atoms. The fraction of sp³-hybridized carbons (Fsp3) is 0.185. The molecule has 0 aliphatic carbocycles. The van der Waals surface area contributed by atoms with E-state index in [1.54, 1.807) is 7.11 Å². The van der Waals surface area contributed by atoms with Gasteiger partial charge in [-0.3, -0.25) is 0 Å². The number of methoxy groups -OCH3 is 1. The summed E-state index contributed by atoms with van der Waals surface area (Å²) in [4.78, 5) is 0. The van der Waals surface area contributed by atoms with E-state index in [1.807, 2.05) is 24.3 Å². The van der Waals surface area contributed by atoms with Crippen molar-refractivity contribution in [2.75, 3.05) is 7.11 Å². The van der Waals surface area contributed by atoms with E-state index in [1.165, 1.54) is 11.1 Å². The molecule has 0 heterocycles. The first-order chi connectivity index (χ1) is 14.3. The van der Waals surface area contributed by atoms with Crippen LogP contribution in [0.15, 0.2) is 110 Å². The van der Waals surface area contributed by atoms with Crippen LogP contribution in [0.1, 0.15) is 35.3 Å². The van der Waals surface area contributed by atoms with Gasteiger partial charge in [0.05, 0.1) is 6.04 Å². The maximum Gasteiger partial charge on any atom is 0.102 e. The minimum atomic E-state index is -0.101. The fourth-order valence-electron chi connectivity index (χ4n) is 3.53. The molecule has 0 saturated carbocycles. The van der Waals surface area contributed by atoms with Gasteiger partial charge < -0.3 is 10.1 Å². The van der Waals surface area contributed by atoms with Crippen LogP contribution in [0.5, 0.6) is 0 Å². The molecule has 0 aromatic heterocycles. The first-order valence-corrected chi connectivity index (χ1v) is 10.0. The van der Waals surface area contributed by atoms with E-state index < -0.39 is 0 Å². The monoisotopic (exact) mass is 383 g/mol. The lowest BCUT2D eigenvalue weighted by Crippen LogP contribution is -2.35. The van der Waals surface area contributed by atoms with Gasteiger partial charge in [-0.1, -0.05) is 109 Å². The van der Waals surface area contributed by atoms with Gasteiger partial charge in [0.15, 0.2) is 0 Å². The van der Waals surface area contributed by atoms with Crippen LogP contribution in [0, 0.1) is 0 Å². The summed E-state index contributed by atoms with van der Waals surface area (Å²) in [6.45, 7) is 3.95. The summed E-state index contributed by atoms with van der Waals surface area (Å²) in [6.07, 6.45) is 7.06. The Labute approximate surface area is 174 Å². The zero-order valence-corrected chi connectivity index (χ0v) is 16.9. The Morgan fingerprint density at radius 1 is 0.828 bits per heavy atom. The van der Waals surface area contributed by atoms with Crippen molar-refractivity contribution in [3.8, 4) is 0 Å². The quantitative estimate of drug-likeness (QED) is 0.411. The zero-order valence-electron chi connectivity index (χ0n) is 16.9. The molecule has 0 aliphatic heterocycles. The molecular formula is C27H29NO. The minimum absolute atomic E-state index is 0.00831. The molecule has 0 amide bonds. The topological polar surface area (TPSA) is 21.3 Å². The lowest BCUT2D eigenvalue weighted by Gasteiger charge is -2.31. The second-order valence-electron chi connectivity index (χ2n) is 7.02. The number of hydrogen-bond acceptors (Lipinski definition) is 2. The third-order valence-electron chi connectivity index (χ3n) is 4.98. The van der Waals surface area contributed by atoms with E-state index >= 15 is 0 Å². The SMILES string of the molecule is C=CC[C@@H](/C=C/c1ccccc1)N[C@@H](c1ccccc1)[C@H](OC)c1ccccc1. The molecule has 0 radical (unpaired) electrons. The number of nitrogens with one attached hydrogen (secondary N) is 1. The number of benzene rings is 3. The van der Waals surface area contributed by atoms with Crippen LogP contribution in [-0.4, -0.2) is 13.2 Å². The highest BCUT2D eigenvalue weighted by atomic mass is 16.5. The minimum Gasteiger partial charge on any atom is -0.375 e. The summed E-state index contributed by atoms with van der Waals surface area (Å²) in [5.74, 6) is 0. The van der Waals surface area contributed by atoms with E-state index in [0.29, 0.717) is 0 Å². The van der Waals surface area contributed by atoms with Crippen molar-refractivity contribution in [2.45, 2.75) is 24.6 Å². The summed E-state index contributed by atoms with van der Waals surface area (Å²) in [5.41, 5.74) is 3.54. The Balaban J connectivity index is 1.90. The third-order valence-corrected chi connectivity index (χ3v) is 4.98. The number of rotatable bonds is 10. The van der Waals surface area contributed by atoms with Gasteiger partial charge in [-0.15, -0.1) is 6.58 Å². The van der Waals surface area contributed by atoms with Crippen molar-refractivity contribution < 1.29 is 4.74 Å². The first kappa shape index (κ1) is 20.8. The Morgan fingerprint density at radius 3 is 1.93 bits per heavy atom. The number of hydrogen-bond donors (Lipinski definition) is 1. The molecule has 0 aliphatic rings. The average molecular weight is 384 g/mol. The predicted molar refractivity (Wildman–Crippen MR) is 123 cm³/mol. The third kappa shape index (κ3) is 6.02. The van der Waals surface area contributed by atoms with E-state index in [4.69, 9.17) is 4.74 Å². The highest BCUT2D eigenvalue weighted by Gasteiger charge is 2.26. The first-order valence-electron chi connectivity index (χ1n) is 10.0. The van der Waals surface area contributed by atoms with E-state index in [2.05, 4.69) is 96.8 Å². The van der Waals surface area contributed by atoms with Gasteiger partial charge in [0.1, 0.15) is 6.10 Å². The summed E-state index contributed by atoms with van der Waals surface area (Å²) in [5, 5.41) is 3.81. The van der Waals surface area contributed by atoms with Gasteiger partial charge in [-0.2, -0.15) is 0 Å². The highest BCUT2D eigenvalue weighted by molar-refractivity contribution is 5.49. The van der Waals surface area contributed by atoms with Crippen LogP contribution in [0.25, 0.3) is 6.08 Å². The summed E-state index contributed by atoms with van der Waals surface area (Å²) in [7, 11) is 1.78. The molecule has 1 N–H and O–H groups in total. The second kappa shape index (κ2) is 11.2. The van der Waals surface area contributed by atoms with Gasteiger partial charge >= 0.3 is 0 Å². The smallest absolute Gasteiger partial charge is 0.102 e. The molecule has 0 fully saturated rings. The molecular weight excluding hydrogens is 354 g/mol. The van der Waals surface area contributed by atoms with Crippen molar-refractivity contribution in [2.24, 2.45) is 0 Å². The maximum atomic E-state index is 5.98. The van der Waals surface area contributed by atoms with Crippen LogP contribution in [0.2, 0.25) is 0 Å². The van der Waals surface area contributed by atoms with Crippen LogP contribution < -0.4 is 5.32 Å². The lowest BCUT2D eigenvalue weighted by atomic mass is 9.94. The lowest BCUT2D eigenvalue weighted by molar-refractivity contribution is 0.0651. The molecule has 0 saturated heterocycles. The number of ether oxygens (including phenoxy) is 1. The van der Waals surface area contributed by atoms with E-state index in [9.17, 15) is 0 Å². The van der Waals surface area contributed by atoms with Crippen LogP contribution in [0.3, 0.4) is 0 Å². The van der Waals surface area contributed by atoms with Crippen molar-refractivity contribution in [1.82, 2.24) is 5.32 Å². The molecule has 29 heavy (non-hydrogen) atoms. The predicted octanol–water partition coefficient (Wildman–Crippen LogP) is 6.36. The second-order valence-corrected chi connectivity index (χ2v) is 7.02. The van der Waals surface area contributed by atoms with Gasteiger partial charge in [-0.25, -0.2) is 0 Å². The van der Waals surface area contributed by atoms with Crippen molar-refractivity contribution in [1.29, 1.82) is 0 Å². The average Bonchev–Trinajstić information content (AvgIpc) is 2.79.